The molecule has 1 aliphatic heterocycles. The summed E-state index contributed by atoms with van der Waals surface area (Å²) in [6, 6.07) is 0. The molecule has 21 heavy (non-hydrogen) atoms. The van der Waals surface area contributed by atoms with Crippen LogP contribution in [0.1, 0.15) is 51.8 Å². The van der Waals surface area contributed by atoms with Gasteiger partial charge in [0.25, 0.3) is 0 Å². The van der Waals surface area contributed by atoms with Crippen molar-refractivity contribution >= 4 is 5.91 Å². The highest BCUT2D eigenvalue weighted by Gasteiger charge is 2.19. The predicted molar refractivity (Wildman–Crippen MR) is 81.2 cm³/mol. The van der Waals surface area contributed by atoms with E-state index in [2.05, 4.69) is 12.0 Å². The van der Waals surface area contributed by atoms with Crippen LogP contribution in [0.4, 0.5) is 0 Å². The summed E-state index contributed by atoms with van der Waals surface area (Å²) in [5, 5.41) is 4.37. The molecule has 6 nitrogen and oxygen atoms in total. The van der Waals surface area contributed by atoms with E-state index >= 15 is 0 Å². The minimum atomic E-state index is -0.133. The number of aryl methyl sites for hydroxylation is 1. The summed E-state index contributed by atoms with van der Waals surface area (Å²) < 4.78 is 3.08. The number of unbranched alkanes of at least 4 members (excludes halogenated alkanes) is 1. The fourth-order valence-electron chi connectivity index (χ4n) is 2.76. The first-order valence-electron chi connectivity index (χ1n) is 8.11. The summed E-state index contributed by atoms with van der Waals surface area (Å²) in [5.41, 5.74) is -0.133. The van der Waals surface area contributed by atoms with Gasteiger partial charge in [-0.25, -0.2) is 9.48 Å². The lowest BCUT2D eigenvalue weighted by Gasteiger charge is -2.20. The maximum Gasteiger partial charge on any atom is 0.346 e. The fraction of sp³-hybridized carbons (Fsp3) is 0.800. The van der Waals surface area contributed by atoms with Crippen LogP contribution in [0.2, 0.25) is 0 Å². The first-order valence-corrected chi connectivity index (χ1v) is 8.11. The lowest BCUT2D eigenvalue weighted by molar-refractivity contribution is -0.132. The van der Waals surface area contributed by atoms with Gasteiger partial charge in [0.15, 0.2) is 0 Å². The van der Waals surface area contributed by atoms with Crippen LogP contribution < -0.4 is 5.69 Å². The number of aromatic nitrogens is 3. The molecule has 1 aromatic rings. The molecule has 6 heteroatoms. The zero-order valence-corrected chi connectivity index (χ0v) is 13.2. The second-order valence-electron chi connectivity index (χ2n) is 5.65. The Hall–Kier alpha value is -1.59. The van der Waals surface area contributed by atoms with Gasteiger partial charge in [-0.2, -0.15) is 5.10 Å². The average Bonchev–Trinajstić information content (AvgIpc) is 2.67. The van der Waals surface area contributed by atoms with Crippen molar-refractivity contribution in [3.05, 3.63) is 16.3 Å². The zero-order valence-electron chi connectivity index (χ0n) is 13.2. The largest absolute Gasteiger partial charge is 0.346 e. The van der Waals surface area contributed by atoms with Crippen LogP contribution in [0.15, 0.2) is 4.79 Å². The lowest BCUT2D eigenvalue weighted by Crippen LogP contribution is -2.37. The Morgan fingerprint density at radius 2 is 2.10 bits per heavy atom. The minimum absolute atomic E-state index is 0.0127. The normalized spacial score (nSPS) is 14.6. The number of carbonyl (C=O) groups is 1. The maximum atomic E-state index is 12.3. The van der Waals surface area contributed by atoms with Crippen LogP contribution in [0.25, 0.3) is 0 Å². The highest BCUT2D eigenvalue weighted by atomic mass is 16.2. The second-order valence-corrected chi connectivity index (χ2v) is 5.65. The van der Waals surface area contributed by atoms with Gasteiger partial charge in [0.05, 0.1) is 0 Å². The molecule has 0 N–H and O–H groups in total. The molecule has 0 radical (unpaired) electrons. The molecular weight excluding hydrogens is 268 g/mol. The third-order valence-corrected chi connectivity index (χ3v) is 4.08. The first kappa shape index (κ1) is 15.8. The molecule has 0 saturated carbocycles. The van der Waals surface area contributed by atoms with E-state index in [0.717, 1.165) is 57.4 Å². The molecule has 118 valence electrons. The van der Waals surface area contributed by atoms with Crippen LogP contribution in [0.3, 0.4) is 0 Å². The quantitative estimate of drug-likeness (QED) is 0.797. The number of likely N-dealkylation sites (N-methyl/N-ethyl adjacent to an activating group) is 1. The monoisotopic (exact) mass is 294 g/mol. The molecule has 0 atom stereocenters. The highest BCUT2D eigenvalue weighted by molar-refractivity contribution is 5.75. The number of rotatable bonds is 6. The number of amides is 1. The predicted octanol–water partition coefficient (Wildman–Crippen LogP) is 1.42. The van der Waals surface area contributed by atoms with Crippen molar-refractivity contribution in [2.24, 2.45) is 0 Å². The molecule has 1 amide bonds. The van der Waals surface area contributed by atoms with Crippen molar-refractivity contribution < 1.29 is 4.79 Å². The minimum Gasteiger partial charge on any atom is -0.341 e. The molecule has 0 spiro atoms. The van der Waals surface area contributed by atoms with Crippen molar-refractivity contribution in [3.63, 3.8) is 0 Å². The van der Waals surface area contributed by atoms with Crippen molar-refractivity contribution in [2.75, 3.05) is 13.1 Å². The number of hydrogen-bond donors (Lipinski definition) is 0. The van der Waals surface area contributed by atoms with E-state index in [1.54, 1.807) is 9.47 Å². The Balaban J connectivity index is 2.09. The van der Waals surface area contributed by atoms with Gasteiger partial charge in [-0.05, 0) is 26.2 Å². The summed E-state index contributed by atoms with van der Waals surface area (Å²) in [7, 11) is 0. The number of carbonyl (C=O) groups excluding carboxylic acids is 1. The molecule has 0 unspecified atom stereocenters. The molecule has 0 bridgehead atoms. The van der Waals surface area contributed by atoms with E-state index < -0.39 is 0 Å². The van der Waals surface area contributed by atoms with Crippen LogP contribution in [0.5, 0.6) is 0 Å². The average molecular weight is 294 g/mol. The number of hydrogen-bond acceptors (Lipinski definition) is 3. The molecule has 2 heterocycles. The van der Waals surface area contributed by atoms with Crippen molar-refractivity contribution in [2.45, 2.75) is 65.5 Å². The van der Waals surface area contributed by atoms with Gasteiger partial charge in [0.1, 0.15) is 12.4 Å². The smallest absolute Gasteiger partial charge is 0.341 e. The Morgan fingerprint density at radius 3 is 2.81 bits per heavy atom. The van der Waals surface area contributed by atoms with Crippen LogP contribution in [0, 0.1) is 0 Å². The van der Waals surface area contributed by atoms with E-state index in [1.165, 1.54) is 4.68 Å². The van der Waals surface area contributed by atoms with E-state index in [9.17, 15) is 9.59 Å². The number of fused-ring (bicyclic) bond motifs is 1. The van der Waals surface area contributed by atoms with Gasteiger partial charge in [0.2, 0.25) is 5.91 Å². The highest BCUT2D eigenvalue weighted by Crippen LogP contribution is 2.10. The molecule has 0 saturated heterocycles. The molecular formula is C15H26N4O2. The molecule has 1 aromatic heterocycles. The summed E-state index contributed by atoms with van der Waals surface area (Å²) in [5.74, 6) is 0.822. The van der Waals surface area contributed by atoms with E-state index in [0.29, 0.717) is 6.54 Å². The summed E-state index contributed by atoms with van der Waals surface area (Å²) >= 11 is 0. The van der Waals surface area contributed by atoms with Crippen LogP contribution in [-0.4, -0.2) is 38.2 Å². The third-order valence-electron chi connectivity index (χ3n) is 4.08. The number of nitrogens with zero attached hydrogens (tertiary/aromatic N) is 4. The third kappa shape index (κ3) is 3.74. The van der Waals surface area contributed by atoms with Gasteiger partial charge >= 0.3 is 5.69 Å². The molecule has 0 aliphatic carbocycles. The summed E-state index contributed by atoms with van der Waals surface area (Å²) in [4.78, 5) is 26.4. The molecule has 2 rings (SSSR count). The second kappa shape index (κ2) is 7.43. The zero-order chi connectivity index (χ0) is 15.2. The Labute approximate surface area is 125 Å². The lowest BCUT2D eigenvalue weighted by atomic mass is 10.2. The van der Waals surface area contributed by atoms with Gasteiger partial charge < -0.3 is 4.90 Å². The Bertz CT molecular complexity index is 532. The van der Waals surface area contributed by atoms with E-state index in [1.807, 2.05) is 6.92 Å². The van der Waals surface area contributed by atoms with Crippen molar-refractivity contribution in [3.8, 4) is 0 Å². The van der Waals surface area contributed by atoms with E-state index in [-0.39, 0.29) is 18.1 Å². The summed E-state index contributed by atoms with van der Waals surface area (Å²) in [6.45, 7) is 6.31. The van der Waals surface area contributed by atoms with Gasteiger partial charge in [-0.1, -0.05) is 19.8 Å². The topological polar surface area (TPSA) is 60.1 Å². The SMILES string of the molecule is CCCCN(CC)C(=O)Cn1nc2n(c1=O)CCCCC2. The maximum absolute atomic E-state index is 12.3. The first-order chi connectivity index (χ1) is 10.2. The standard InChI is InChI=1S/C15H26N4O2/c1-3-5-10-17(4-2)14(20)12-19-15(21)18-11-8-6-7-9-13(18)16-19/h3-12H2,1-2H3. The van der Waals surface area contributed by atoms with Gasteiger partial charge in [-0.15, -0.1) is 0 Å². The summed E-state index contributed by atoms with van der Waals surface area (Å²) in [6.07, 6.45) is 6.12. The molecule has 0 aromatic carbocycles. The Kier molecular flexibility index (Phi) is 5.59. The van der Waals surface area contributed by atoms with E-state index in [4.69, 9.17) is 0 Å². The molecule has 0 fully saturated rings. The van der Waals surface area contributed by atoms with Crippen molar-refractivity contribution in [1.82, 2.24) is 19.2 Å². The van der Waals surface area contributed by atoms with Crippen molar-refractivity contribution in [1.29, 1.82) is 0 Å². The van der Waals surface area contributed by atoms with Gasteiger partial charge in [0, 0.05) is 26.1 Å². The van der Waals surface area contributed by atoms with Crippen LogP contribution in [-0.2, 0) is 24.3 Å². The Morgan fingerprint density at radius 1 is 1.29 bits per heavy atom. The van der Waals surface area contributed by atoms with Crippen LogP contribution >= 0.6 is 0 Å². The molecule has 1 aliphatic rings. The van der Waals surface area contributed by atoms with Gasteiger partial charge in [-0.3, -0.25) is 9.36 Å². The fourth-order valence-corrected chi connectivity index (χ4v) is 2.76.